The van der Waals surface area contributed by atoms with E-state index in [1.807, 2.05) is 7.05 Å². The van der Waals surface area contributed by atoms with Crippen LogP contribution in [0.4, 0.5) is 0 Å². The Morgan fingerprint density at radius 2 is 2.43 bits per heavy atom. The SMILES string of the molecule is CNCCn1nnnc1SCCCO. The number of aliphatic hydroxyl groups excluding tert-OH is 1. The minimum absolute atomic E-state index is 0.213. The number of hydrogen-bond donors (Lipinski definition) is 2. The number of rotatable bonds is 7. The molecular formula is C7H15N5OS. The molecule has 0 aromatic carbocycles. The van der Waals surface area contributed by atoms with E-state index >= 15 is 0 Å². The highest BCUT2D eigenvalue weighted by molar-refractivity contribution is 7.99. The van der Waals surface area contributed by atoms with Crippen molar-refractivity contribution in [3.05, 3.63) is 0 Å². The first kappa shape index (κ1) is 11.4. The fraction of sp³-hybridized carbons (Fsp3) is 0.857. The van der Waals surface area contributed by atoms with Gasteiger partial charge >= 0.3 is 0 Å². The first-order chi connectivity index (χ1) is 6.88. The number of nitrogens with zero attached hydrogens (tertiary/aromatic N) is 4. The minimum Gasteiger partial charge on any atom is -0.396 e. The lowest BCUT2D eigenvalue weighted by molar-refractivity contribution is 0.296. The van der Waals surface area contributed by atoms with Crippen molar-refractivity contribution in [2.24, 2.45) is 0 Å². The predicted octanol–water partition coefficient (Wildman–Crippen LogP) is -0.633. The fourth-order valence-corrected chi connectivity index (χ4v) is 1.71. The van der Waals surface area contributed by atoms with Gasteiger partial charge in [-0.3, -0.25) is 0 Å². The predicted molar refractivity (Wildman–Crippen MR) is 54.2 cm³/mol. The maximum Gasteiger partial charge on any atom is 0.209 e. The number of hydrogen-bond acceptors (Lipinski definition) is 6. The van der Waals surface area contributed by atoms with E-state index in [0.717, 1.165) is 30.4 Å². The van der Waals surface area contributed by atoms with Crippen LogP contribution >= 0.6 is 11.8 Å². The van der Waals surface area contributed by atoms with Crippen LogP contribution in [0, 0.1) is 0 Å². The molecule has 0 radical (unpaired) electrons. The summed E-state index contributed by atoms with van der Waals surface area (Å²) < 4.78 is 1.76. The monoisotopic (exact) mass is 217 g/mol. The summed E-state index contributed by atoms with van der Waals surface area (Å²) in [6, 6.07) is 0. The van der Waals surface area contributed by atoms with E-state index in [2.05, 4.69) is 20.8 Å². The van der Waals surface area contributed by atoms with Gasteiger partial charge in [-0.25, -0.2) is 4.68 Å². The van der Waals surface area contributed by atoms with E-state index in [9.17, 15) is 0 Å². The van der Waals surface area contributed by atoms with Gasteiger partial charge in [0.1, 0.15) is 0 Å². The van der Waals surface area contributed by atoms with E-state index in [1.165, 1.54) is 0 Å². The van der Waals surface area contributed by atoms with Gasteiger partial charge in [0.25, 0.3) is 0 Å². The zero-order valence-corrected chi connectivity index (χ0v) is 9.00. The highest BCUT2D eigenvalue weighted by Gasteiger charge is 2.04. The summed E-state index contributed by atoms with van der Waals surface area (Å²) in [4.78, 5) is 0. The Balaban J connectivity index is 2.37. The number of aliphatic hydroxyl groups is 1. The number of thioether (sulfide) groups is 1. The molecule has 0 aliphatic heterocycles. The maximum atomic E-state index is 8.62. The van der Waals surface area contributed by atoms with Crippen LogP contribution in [0.3, 0.4) is 0 Å². The van der Waals surface area contributed by atoms with Gasteiger partial charge in [-0.1, -0.05) is 11.8 Å². The summed E-state index contributed by atoms with van der Waals surface area (Å²) in [7, 11) is 1.89. The molecule has 0 spiro atoms. The summed E-state index contributed by atoms with van der Waals surface area (Å²) in [5.74, 6) is 0.844. The molecule has 1 rings (SSSR count). The molecule has 0 saturated carbocycles. The quantitative estimate of drug-likeness (QED) is 0.468. The van der Waals surface area contributed by atoms with Crippen molar-refractivity contribution in [1.82, 2.24) is 25.5 Å². The molecule has 2 N–H and O–H groups in total. The van der Waals surface area contributed by atoms with Crippen LogP contribution in [0.1, 0.15) is 6.42 Å². The van der Waals surface area contributed by atoms with Crippen LogP contribution in [-0.4, -0.2) is 51.3 Å². The normalized spacial score (nSPS) is 10.7. The van der Waals surface area contributed by atoms with E-state index in [0.29, 0.717) is 0 Å². The molecule has 6 nitrogen and oxygen atoms in total. The van der Waals surface area contributed by atoms with Crippen molar-refractivity contribution in [3.8, 4) is 0 Å². The third-order valence-corrected chi connectivity index (χ3v) is 2.65. The third-order valence-electron chi connectivity index (χ3n) is 1.61. The average molecular weight is 217 g/mol. The number of aromatic nitrogens is 4. The third kappa shape index (κ3) is 3.60. The van der Waals surface area contributed by atoms with Crippen molar-refractivity contribution < 1.29 is 5.11 Å². The van der Waals surface area contributed by atoms with Gasteiger partial charge in [0.2, 0.25) is 5.16 Å². The first-order valence-electron chi connectivity index (χ1n) is 4.53. The minimum atomic E-state index is 0.213. The largest absolute Gasteiger partial charge is 0.396 e. The van der Waals surface area contributed by atoms with Crippen molar-refractivity contribution >= 4 is 11.8 Å². The standard InChI is InChI=1S/C7H15N5OS/c1-8-3-4-12-7(9-10-11-12)14-6-2-5-13/h8,13H,2-6H2,1H3. The van der Waals surface area contributed by atoms with Gasteiger partial charge in [-0.05, 0) is 23.9 Å². The number of nitrogens with one attached hydrogen (secondary N) is 1. The molecular weight excluding hydrogens is 202 g/mol. The van der Waals surface area contributed by atoms with E-state index in [1.54, 1.807) is 16.4 Å². The Hall–Kier alpha value is -0.660. The van der Waals surface area contributed by atoms with Crippen molar-refractivity contribution in [3.63, 3.8) is 0 Å². The number of likely N-dealkylation sites (N-methyl/N-ethyl adjacent to an activating group) is 1. The Morgan fingerprint density at radius 3 is 3.14 bits per heavy atom. The van der Waals surface area contributed by atoms with Gasteiger partial charge in [-0.2, -0.15) is 0 Å². The van der Waals surface area contributed by atoms with Gasteiger partial charge in [0, 0.05) is 18.9 Å². The maximum absolute atomic E-state index is 8.62. The summed E-state index contributed by atoms with van der Waals surface area (Å²) in [6.45, 7) is 1.83. The van der Waals surface area contributed by atoms with E-state index in [-0.39, 0.29) is 6.61 Å². The molecule has 1 aromatic rings. The molecule has 0 bridgehead atoms. The molecule has 7 heteroatoms. The molecule has 14 heavy (non-hydrogen) atoms. The smallest absolute Gasteiger partial charge is 0.209 e. The average Bonchev–Trinajstić information content (AvgIpc) is 2.63. The Kier molecular flexibility index (Phi) is 5.50. The summed E-state index contributed by atoms with van der Waals surface area (Å²) in [5, 5.41) is 23.8. The Bertz CT molecular complexity index is 254. The van der Waals surface area contributed by atoms with Gasteiger partial charge in [0.05, 0.1) is 6.54 Å². The van der Waals surface area contributed by atoms with Crippen molar-refractivity contribution in [2.75, 3.05) is 26.0 Å². The molecule has 0 atom stereocenters. The molecule has 0 fully saturated rings. The second-order valence-corrected chi connectivity index (χ2v) is 3.78. The van der Waals surface area contributed by atoms with Gasteiger partial charge in [0.15, 0.2) is 0 Å². The Labute approximate surface area is 87.1 Å². The molecule has 0 unspecified atom stereocenters. The van der Waals surface area contributed by atoms with Crippen LogP contribution < -0.4 is 5.32 Å². The topological polar surface area (TPSA) is 75.9 Å². The lowest BCUT2D eigenvalue weighted by Gasteiger charge is -2.02. The van der Waals surface area contributed by atoms with Crippen LogP contribution in [0.25, 0.3) is 0 Å². The molecule has 0 amide bonds. The molecule has 1 heterocycles. The zero-order valence-electron chi connectivity index (χ0n) is 8.18. The van der Waals surface area contributed by atoms with Crippen molar-refractivity contribution in [1.29, 1.82) is 0 Å². The van der Waals surface area contributed by atoms with E-state index < -0.39 is 0 Å². The zero-order chi connectivity index (χ0) is 10.2. The Morgan fingerprint density at radius 1 is 1.57 bits per heavy atom. The summed E-state index contributed by atoms with van der Waals surface area (Å²) >= 11 is 1.57. The second-order valence-electron chi connectivity index (χ2n) is 2.71. The molecule has 0 saturated heterocycles. The lowest BCUT2D eigenvalue weighted by Crippen LogP contribution is -2.16. The van der Waals surface area contributed by atoms with Crippen molar-refractivity contribution in [2.45, 2.75) is 18.1 Å². The van der Waals surface area contributed by atoms with Crippen LogP contribution in [0.5, 0.6) is 0 Å². The molecule has 0 aliphatic carbocycles. The number of tetrazole rings is 1. The van der Waals surface area contributed by atoms with Crippen LogP contribution in [-0.2, 0) is 6.54 Å². The second kappa shape index (κ2) is 6.74. The summed E-state index contributed by atoms with van der Waals surface area (Å²) in [6.07, 6.45) is 0.767. The summed E-state index contributed by atoms with van der Waals surface area (Å²) in [5.41, 5.74) is 0. The van der Waals surface area contributed by atoms with Crippen LogP contribution in [0.2, 0.25) is 0 Å². The van der Waals surface area contributed by atoms with E-state index in [4.69, 9.17) is 5.11 Å². The fourth-order valence-electron chi connectivity index (χ4n) is 0.886. The molecule has 80 valence electrons. The van der Waals surface area contributed by atoms with Crippen LogP contribution in [0.15, 0.2) is 5.16 Å². The molecule has 1 aromatic heterocycles. The lowest BCUT2D eigenvalue weighted by atomic mass is 10.5. The molecule has 0 aliphatic rings. The highest BCUT2D eigenvalue weighted by Crippen LogP contribution is 2.13. The first-order valence-corrected chi connectivity index (χ1v) is 5.51. The van der Waals surface area contributed by atoms with Gasteiger partial charge in [-0.15, -0.1) is 5.10 Å². The highest BCUT2D eigenvalue weighted by atomic mass is 32.2. The van der Waals surface area contributed by atoms with Gasteiger partial charge < -0.3 is 10.4 Å².